The van der Waals surface area contributed by atoms with Gasteiger partial charge in [-0.05, 0) is 56.5 Å². The third-order valence-corrected chi connectivity index (χ3v) is 5.36. The smallest absolute Gasteiger partial charge is 0.119 e. The van der Waals surface area contributed by atoms with E-state index in [2.05, 4.69) is 36.5 Å². The number of nitrogens with one attached hydrogen (secondary N) is 1. The van der Waals surface area contributed by atoms with Crippen LogP contribution in [0.4, 0.5) is 0 Å². The quantitative estimate of drug-likeness (QED) is 0.396. The maximum Gasteiger partial charge on any atom is 0.119 e. The van der Waals surface area contributed by atoms with E-state index in [1.165, 1.54) is 56.9 Å². The van der Waals surface area contributed by atoms with Gasteiger partial charge in [-0.1, -0.05) is 57.6 Å². The van der Waals surface area contributed by atoms with Crippen LogP contribution in [-0.4, -0.2) is 45.6 Å². The minimum absolute atomic E-state index is 0.403. The lowest BCUT2D eigenvalue weighted by Gasteiger charge is -2.22. The lowest BCUT2D eigenvalue weighted by atomic mass is 10.0. The predicted molar refractivity (Wildman–Crippen MR) is 116 cm³/mol. The summed E-state index contributed by atoms with van der Waals surface area (Å²) < 4.78 is 17.2. The molecular formula is C24H41NO3. The number of rotatable bonds is 16. The molecule has 2 rings (SSSR count). The van der Waals surface area contributed by atoms with Gasteiger partial charge in [0, 0.05) is 0 Å². The van der Waals surface area contributed by atoms with Gasteiger partial charge in [-0.25, -0.2) is 0 Å². The van der Waals surface area contributed by atoms with Gasteiger partial charge in [0.2, 0.25) is 0 Å². The van der Waals surface area contributed by atoms with Crippen molar-refractivity contribution in [2.45, 2.75) is 77.2 Å². The average molecular weight is 392 g/mol. The van der Waals surface area contributed by atoms with Gasteiger partial charge in [-0.2, -0.15) is 0 Å². The highest BCUT2D eigenvalue weighted by atomic mass is 16.5. The van der Waals surface area contributed by atoms with Crippen LogP contribution < -0.4 is 10.1 Å². The van der Waals surface area contributed by atoms with E-state index in [9.17, 15) is 0 Å². The summed E-state index contributed by atoms with van der Waals surface area (Å²) in [7, 11) is 0. The first-order valence-electron chi connectivity index (χ1n) is 11.5. The second-order valence-corrected chi connectivity index (χ2v) is 7.80. The zero-order valence-corrected chi connectivity index (χ0v) is 17.9. The molecule has 1 heterocycles. The normalized spacial score (nSPS) is 15.0. The highest BCUT2D eigenvalue weighted by Gasteiger charge is 2.12. The molecule has 1 N–H and O–H groups in total. The molecule has 0 spiro atoms. The number of ether oxygens (including phenoxy) is 3. The van der Waals surface area contributed by atoms with Crippen LogP contribution in [-0.2, 0) is 15.9 Å². The Morgan fingerprint density at radius 2 is 1.50 bits per heavy atom. The van der Waals surface area contributed by atoms with Crippen LogP contribution in [0.15, 0.2) is 24.3 Å². The Hall–Kier alpha value is -1.10. The van der Waals surface area contributed by atoms with Crippen LogP contribution in [0.25, 0.3) is 0 Å². The molecule has 1 aromatic rings. The number of benzene rings is 1. The number of unbranched alkanes of at least 4 members (excludes halogenated alkanes) is 6. The molecule has 0 bridgehead atoms. The molecule has 0 aliphatic carbocycles. The van der Waals surface area contributed by atoms with E-state index in [0.29, 0.717) is 32.5 Å². The Morgan fingerprint density at radius 3 is 2.25 bits per heavy atom. The number of aryl methyl sites for hydroxylation is 1. The van der Waals surface area contributed by atoms with Crippen molar-refractivity contribution in [2.24, 2.45) is 0 Å². The van der Waals surface area contributed by atoms with E-state index in [1.54, 1.807) is 0 Å². The van der Waals surface area contributed by atoms with Crippen LogP contribution in [0, 0.1) is 0 Å². The number of hydrogen-bond donors (Lipinski definition) is 1. The van der Waals surface area contributed by atoms with Gasteiger partial charge < -0.3 is 19.5 Å². The van der Waals surface area contributed by atoms with E-state index >= 15 is 0 Å². The Kier molecular flexibility index (Phi) is 13.1. The molecule has 160 valence electrons. The van der Waals surface area contributed by atoms with Gasteiger partial charge in [-0.3, -0.25) is 0 Å². The fourth-order valence-electron chi connectivity index (χ4n) is 3.59. The Bertz CT molecular complexity index is 471. The van der Waals surface area contributed by atoms with E-state index < -0.39 is 0 Å². The molecular weight excluding hydrogens is 350 g/mol. The van der Waals surface area contributed by atoms with E-state index in [0.717, 1.165) is 31.7 Å². The lowest BCUT2D eigenvalue weighted by molar-refractivity contribution is -0.0115. The van der Waals surface area contributed by atoms with Crippen LogP contribution in [0.1, 0.15) is 70.3 Å². The topological polar surface area (TPSA) is 39.7 Å². The molecule has 1 aromatic carbocycles. The molecule has 4 nitrogen and oxygen atoms in total. The van der Waals surface area contributed by atoms with Crippen LogP contribution in [0.5, 0.6) is 5.75 Å². The molecule has 28 heavy (non-hydrogen) atoms. The minimum Gasteiger partial charge on any atom is -0.491 e. The molecule has 0 saturated carbocycles. The van der Waals surface area contributed by atoms with Gasteiger partial charge in [-0.15, -0.1) is 0 Å². The summed E-state index contributed by atoms with van der Waals surface area (Å²) in [6, 6.07) is 8.55. The summed E-state index contributed by atoms with van der Waals surface area (Å²) in [5.41, 5.74) is 1.41. The van der Waals surface area contributed by atoms with Gasteiger partial charge in [0.05, 0.1) is 25.9 Å². The van der Waals surface area contributed by atoms with Crippen LogP contribution in [0.3, 0.4) is 0 Å². The monoisotopic (exact) mass is 391 g/mol. The third kappa shape index (κ3) is 11.0. The Labute approximate surface area is 172 Å². The highest BCUT2D eigenvalue weighted by Crippen LogP contribution is 2.15. The molecule has 1 saturated heterocycles. The zero-order chi connectivity index (χ0) is 19.7. The van der Waals surface area contributed by atoms with Crippen molar-refractivity contribution in [1.82, 2.24) is 5.32 Å². The first-order valence-corrected chi connectivity index (χ1v) is 11.5. The van der Waals surface area contributed by atoms with E-state index in [1.807, 2.05) is 0 Å². The van der Waals surface area contributed by atoms with Crippen molar-refractivity contribution in [2.75, 3.05) is 39.5 Å². The fourth-order valence-corrected chi connectivity index (χ4v) is 3.59. The summed E-state index contributed by atoms with van der Waals surface area (Å²) in [4.78, 5) is 0. The van der Waals surface area contributed by atoms with Crippen LogP contribution >= 0.6 is 0 Å². The molecule has 4 heteroatoms. The minimum atomic E-state index is 0.403. The molecule has 1 fully saturated rings. The summed E-state index contributed by atoms with van der Waals surface area (Å²) in [5.74, 6) is 0.929. The molecule has 0 atom stereocenters. The first kappa shape index (κ1) is 23.2. The maximum atomic E-state index is 5.82. The first-order chi connectivity index (χ1) is 13.9. The van der Waals surface area contributed by atoms with Gasteiger partial charge in [0.1, 0.15) is 12.4 Å². The lowest BCUT2D eigenvalue weighted by Crippen LogP contribution is -2.33. The molecule has 1 aliphatic rings. The maximum absolute atomic E-state index is 5.82. The van der Waals surface area contributed by atoms with Gasteiger partial charge >= 0.3 is 0 Å². The second kappa shape index (κ2) is 15.8. The summed E-state index contributed by atoms with van der Waals surface area (Å²) >= 11 is 0. The molecule has 0 amide bonds. The summed E-state index contributed by atoms with van der Waals surface area (Å²) in [6.45, 7) is 6.92. The van der Waals surface area contributed by atoms with Crippen LogP contribution in [0.2, 0.25) is 0 Å². The standard InChI is InChI=1S/C24H41NO3/c1-2-3-4-5-6-7-8-9-22-10-12-23(13-11-22)27-20-18-26-19-21-28-24-14-16-25-17-15-24/h10-13,24-25H,2-9,14-21H2,1H3. The van der Waals surface area contributed by atoms with Crippen molar-refractivity contribution in [3.8, 4) is 5.75 Å². The summed E-state index contributed by atoms with van der Waals surface area (Å²) in [6.07, 6.45) is 13.3. The molecule has 0 radical (unpaired) electrons. The largest absolute Gasteiger partial charge is 0.491 e. The Morgan fingerprint density at radius 1 is 0.821 bits per heavy atom. The molecule has 0 aromatic heterocycles. The number of hydrogen-bond acceptors (Lipinski definition) is 4. The van der Waals surface area contributed by atoms with Gasteiger partial charge in [0.25, 0.3) is 0 Å². The number of piperidine rings is 1. The van der Waals surface area contributed by atoms with Crippen molar-refractivity contribution in [3.05, 3.63) is 29.8 Å². The summed E-state index contributed by atoms with van der Waals surface area (Å²) in [5, 5.41) is 3.35. The second-order valence-electron chi connectivity index (χ2n) is 7.80. The van der Waals surface area contributed by atoms with Crippen molar-refractivity contribution >= 4 is 0 Å². The van der Waals surface area contributed by atoms with Crippen molar-refractivity contribution < 1.29 is 14.2 Å². The average Bonchev–Trinajstić information content (AvgIpc) is 2.74. The Balaban J connectivity index is 1.42. The van der Waals surface area contributed by atoms with Gasteiger partial charge in [0.15, 0.2) is 0 Å². The zero-order valence-electron chi connectivity index (χ0n) is 17.9. The SMILES string of the molecule is CCCCCCCCCc1ccc(OCCOCCOC2CCNCC2)cc1. The third-order valence-electron chi connectivity index (χ3n) is 5.36. The van der Waals surface area contributed by atoms with E-state index in [4.69, 9.17) is 14.2 Å². The molecule has 0 unspecified atom stereocenters. The van der Waals surface area contributed by atoms with E-state index in [-0.39, 0.29) is 0 Å². The highest BCUT2D eigenvalue weighted by molar-refractivity contribution is 5.27. The predicted octanol–water partition coefficient (Wildman–Crippen LogP) is 5.14. The molecule has 1 aliphatic heterocycles. The van der Waals surface area contributed by atoms with Crippen molar-refractivity contribution in [3.63, 3.8) is 0 Å². The van der Waals surface area contributed by atoms with Crippen molar-refractivity contribution in [1.29, 1.82) is 0 Å². The fraction of sp³-hybridized carbons (Fsp3) is 0.750.